The van der Waals surface area contributed by atoms with Crippen LogP contribution in [0.4, 0.5) is 11.4 Å². The van der Waals surface area contributed by atoms with Crippen molar-refractivity contribution in [1.29, 1.82) is 0 Å². The van der Waals surface area contributed by atoms with Gasteiger partial charge in [-0.05, 0) is 83.3 Å². The maximum Gasteiger partial charge on any atom is 0.229 e. The topological polar surface area (TPSA) is 108 Å². The summed E-state index contributed by atoms with van der Waals surface area (Å²) in [7, 11) is -6.45. The van der Waals surface area contributed by atoms with Gasteiger partial charge >= 0.3 is 0 Å². The lowest BCUT2D eigenvalue weighted by Crippen LogP contribution is -2.29. The van der Waals surface area contributed by atoms with Gasteiger partial charge in [-0.25, -0.2) is 16.8 Å². The number of allylic oxidation sites excluding steroid dienone is 1. The Hall–Kier alpha value is -3.74. The van der Waals surface area contributed by atoms with E-state index in [2.05, 4.69) is 122 Å². The Balaban J connectivity index is 0.000000157. The van der Waals surface area contributed by atoms with Crippen molar-refractivity contribution in [1.82, 2.24) is 10.2 Å². The lowest BCUT2D eigenvalue weighted by atomic mass is 9.92. The highest BCUT2D eigenvalue weighted by molar-refractivity contribution is 9.09. The Labute approximate surface area is 336 Å². The van der Waals surface area contributed by atoms with Crippen molar-refractivity contribution in [2.45, 2.75) is 24.7 Å². The van der Waals surface area contributed by atoms with Crippen LogP contribution >= 0.6 is 15.9 Å². The summed E-state index contributed by atoms with van der Waals surface area (Å²) < 4.78 is 50.6. The van der Waals surface area contributed by atoms with Crippen LogP contribution in [0.5, 0.6) is 0 Å². The number of likely N-dealkylation sites (tertiary alicyclic amines) is 1. The van der Waals surface area contributed by atoms with Gasteiger partial charge in [-0.3, -0.25) is 14.3 Å². The van der Waals surface area contributed by atoms with Gasteiger partial charge in [0.2, 0.25) is 20.0 Å². The molecule has 0 spiro atoms. The van der Waals surface area contributed by atoms with E-state index in [-0.39, 0.29) is 10.8 Å². The third kappa shape index (κ3) is 10.4. The van der Waals surface area contributed by atoms with Gasteiger partial charge in [0.05, 0.1) is 12.5 Å². The summed E-state index contributed by atoms with van der Waals surface area (Å²) in [5, 5.41) is 4.31. The van der Waals surface area contributed by atoms with Crippen molar-refractivity contribution in [3.05, 3.63) is 144 Å². The molecule has 2 saturated heterocycles. The van der Waals surface area contributed by atoms with Gasteiger partial charge in [0.25, 0.3) is 0 Å². The first-order chi connectivity index (χ1) is 26.2. The molecule has 55 heavy (non-hydrogen) atoms. The van der Waals surface area contributed by atoms with Gasteiger partial charge in [-0.1, -0.05) is 139 Å². The largest absolute Gasteiger partial charge is 0.316 e. The number of halogens is 1. The van der Waals surface area contributed by atoms with E-state index in [0.29, 0.717) is 35.0 Å². The zero-order chi connectivity index (χ0) is 39.3. The zero-order valence-corrected chi connectivity index (χ0v) is 35.2. The van der Waals surface area contributed by atoms with Crippen molar-refractivity contribution in [3.63, 3.8) is 0 Å². The fraction of sp³-hybridized carbons (Fsp3) is 0.364. The number of anilines is 2. The Morgan fingerprint density at radius 1 is 0.655 bits per heavy atom. The van der Waals surface area contributed by atoms with Crippen LogP contribution in [0, 0.1) is 23.7 Å². The fourth-order valence-electron chi connectivity index (χ4n) is 8.68. The molecule has 8 rings (SSSR count). The van der Waals surface area contributed by atoms with Gasteiger partial charge in [0.15, 0.2) is 0 Å². The van der Waals surface area contributed by atoms with Crippen LogP contribution in [0.25, 0.3) is 12.2 Å². The number of hydrogen-bond donors (Lipinski definition) is 3. The second-order valence-electron chi connectivity index (χ2n) is 15.6. The van der Waals surface area contributed by atoms with E-state index in [1.54, 1.807) is 6.07 Å². The molecule has 8 nitrogen and oxygen atoms in total. The second kappa shape index (κ2) is 17.2. The quantitative estimate of drug-likeness (QED) is 0.133. The molecule has 2 aliphatic carbocycles. The summed E-state index contributed by atoms with van der Waals surface area (Å²) in [6.07, 6.45) is 11.0. The van der Waals surface area contributed by atoms with Crippen molar-refractivity contribution >= 4 is 59.5 Å². The minimum atomic E-state index is -3.25. The molecule has 2 saturated carbocycles. The molecule has 3 N–H and O–H groups in total. The molecular formula is C44H53BrN4O4S2. The molecule has 4 aromatic carbocycles. The molecule has 0 bridgehead atoms. The second-order valence-corrected chi connectivity index (χ2v) is 19.7. The molecule has 0 amide bonds. The molecular weight excluding hydrogens is 793 g/mol. The average Bonchev–Trinajstić information content (AvgIpc) is 3.61. The minimum absolute atomic E-state index is 0.162. The summed E-state index contributed by atoms with van der Waals surface area (Å²) >= 11 is 3.32. The number of alkyl halides is 1. The smallest absolute Gasteiger partial charge is 0.229 e. The van der Waals surface area contributed by atoms with Gasteiger partial charge in [0.1, 0.15) is 0 Å². The molecule has 2 heterocycles. The molecule has 4 fully saturated rings. The molecule has 0 aromatic heterocycles. The predicted molar refractivity (Wildman–Crippen MR) is 233 cm³/mol. The Morgan fingerprint density at radius 3 is 1.53 bits per heavy atom. The molecule has 2 aliphatic heterocycles. The Kier molecular flexibility index (Phi) is 12.8. The number of rotatable bonds is 11. The summed E-state index contributed by atoms with van der Waals surface area (Å²) in [5.74, 6) is 2.70. The van der Waals surface area contributed by atoms with Crippen LogP contribution in [0.2, 0.25) is 0 Å². The fourth-order valence-corrected chi connectivity index (χ4v) is 9.98. The first-order valence-corrected chi connectivity index (χ1v) is 23.7. The highest BCUT2D eigenvalue weighted by Crippen LogP contribution is 2.63. The van der Waals surface area contributed by atoms with Crippen molar-refractivity contribution in [3.8, 4) is 0 Å². The van der Waals surface area contributed by atoms with E-state index in [1.165, 1.54) is 34.8 Å². The lowest BCUT2D eigenvalue weighted by molar-refractivity contribution is 0.305. The van der Waals surface area contributed by atoms with Crippen LogP contribution in [-0.4, -0.2) is 72.3 Å². The highest BCUT2D eigenvalue weighted by atomic mass is 79.9. The Bertz CT molecular complexity index is 2170. The molecule has 292 valence electrons. The van der Waals surface area contributed by atoms with Crippen LogP contribution in [0.1, 0.15) is 36.1 Å². The van der Waals surface area contributed by atoms with E-state index in [0.717, 1.165) is 38.1 Å². The highest BCUT2D eigenvalue weighted by Gasteiger charge is 2.65. The number of fused-ring (bicyclic) bond motifs is 2. The van der Waals surface area contributed by atoms with Crippen molar-refractivity contribution in [2.75, 3.05) is 60.0 Å². The zero-order valence-electron chi connectivity index (χ0n) is 32.0. The average molecular weight is 846 g/mol. The SMILES string of the molecule is BrC/C=C/c1ccccc1.CC1(c2cccc(NS(C)(=O)=O)c2)C2CN(C/C=C/c3ccccc3)CC21.CC1(c2cccc(NS(C)(=O)=O)c2)C2CNCC21. The number of nitrogens with one attached hydrogen (secondary N) is 3. The molecule has 4 aromatic rings. The molecule has 4 atom stereocenters. The number of piperidine rings is 2. The number of benzene rings is 4. The van der Waals surface area contributed by atoms with Crippen molar-refractivity contribution < 1.29 is 16.8 Å². The van der Waals surface area contributed by atoms with E-state index >= 15 is 0 Å². The van der Waals surface area contributed by atoms with Crippen molar-refractivity contribution in [2.24, 2.45) is 23.7 Å². The van der Waals surface area contributed by atoms with E-state index in [4.69, 9.17) is 0 Å². The van der Waals surface area contributed by atoms with Gasteiger partial charge in [0, 0.05) is 47.2 Å². The van der Waals surface area contributed by atoms with E-state index < -0.39 is 20.0 Å². The molecule has 11 heteroatoms. The van der Waals surface area contributed by atoms with Gasteiger partial charge < -0.3 is 5.32 Å². The maximum absolute atomic E-state index is 11.5. The van der Waals surface area contributed by atoms with E-state index in [9.17, 15) is 16.8 Å². The van der Waals surface area contributed by atoms with Crippen LogP contribution < -0.4 is 14.8 Å². The first-order valence-electron chi connectivity index (χ1n) is 18.8. The predicted octanol–water partition coefficient (Wildman–Crippen LogP) is 7.85. The first kappa shape index (κ1) is 40.9. The molecule has 0 radical (unpaired) electrons. The lowest BCUT2D eigenvalue weighted by Gasteiger charge is -2.23. The summed E-state index contributed by atoms with van der Waals surface area (Å²) in [6, 6.07) is 36.3. The van der Waals surface area contributed by atoms with Crippen LogP contribution in [-0.2, 0) is 30.9 Å². The van der Waals surface area contributed by atoms with E-state index in [1.807, 2.05) is 54.6 Å². The summed E-state index contributed by atoms with van der Waals surface area (Å²) in [6.45, 7) is 9.93. The molecule has 4 aliphatic rings. The third-order valence-corrected chi connectivity index (χ3v) is 13.3. The number of nitrogens with zero attached hydrogens (tertiary/aromatic N) is 1. The van der Waals surface area contributed by atoms with Gasteiger partial charge in [-0.15, -0.1) is 0 Å². The molecule has 4 unspecified atom stereocenters. The maximum atomic E-state index is 11.5. The monoisotopic (exact) mass is 844 g/mol. The van der Waals surface area contributed by atoms with Gasteiger partial charge in [-0.2, -0.15) is 0 Å². The van der Waals surface area contributed by atoms with Crippen LogP contribution in [0.15, 0.2) is 121 Å². The summed E-state index contributed by atoms with van der Waals surface area (Å²) in [5.41, 5.74) is 6.68. The normalized spacial score (nSPS) is 26.6. The number of hydrogen-bond acceptors (Lipinski definition) is 6. The Morgan fingerprint density at radius 2 is 1.09 bits per heavy atom. The van der Waals surface area contributed by atoms with Crippen LogP contribution in [0.3, 0.4) is 0 Å². The standard InChI is InChI=1S/C22H26N2O2S.C13H18N2O2S.C9H9Br/c1-22(18-11-6-12-19(14-18)23-27(2,25)26)20-15-24(16-21(20)22)13-7-10-17-8-4-3-5-9-17;1-13(11-7-14-8-12(11)13)9-4-3-5-10(6-9)15-18(2,16)17;10-8-4-7-9-5-2-1-3-6-9/h3-12,14,20-21,23H,13,15-16H2,1-2H3;3-6,11-12,14-15H,7-8H2,1-2H3;1-7H,8H2/b10-7+;;7-4+. The summed E-state index contributed by atoms with van der Waals surface area (Å²) in [4.78, 5) is 2.51. The minimum Gasteiger partial charge on any atom is -0.316 e. The third-order valence-electron chi connectivity index (χ3n) is 11.7. The number of sulfonamides is 2.